The van der Waals surface area contributed by atoms with Crippen LogP contribution in [0, 0.1) is 0 Å². The molecule has 0 aromatic heterocycles. The highest BCUT2D eigenvalue weighted by molar-refractivity contribution is 7.42. The largest absolute Gasteiger partial charge is 0.324 e. The van der Waals surface area contributed by atoms with Gasteiger partial charge in [0.15, 0.2) is 0 Å². The van der Waals surface area contributed by atoms with Crippen molar-refractivity contribution in [3.63, 3.8) is 0 Å². The first-order valence-electron chi connectivity index (χ1n) is 4.66. The van der Waals surface area contributed by atoms with Gasteiger partial charge in [-0.2, -0.15) is 0 Å². The fraction of sp³-hybridized carbons (Fsp3) is 0.778. The summed E-state index contributed by atoms with van der Waals surface area (Å²) in [4.78, 5) is 0. The fourth-order valence-corrected chi connectivity index (χ4v) is 2.44. The molecule has 0 saturated heterocycles. The highest BCUT2D eigenvalue weighted by Crippen LogP contribution is 2.32. The smallest absolute Gasteiger partial charge is 0.213 e. The second-order valence-electron chi connectivity index (χ2n) is 3.20. The van der Waals surface area contributed by atoms with Gasteiger partial charge < -0.3 is 4.52 Å². The minimum Gasteiger partial charge on any atom is -0.324 e. The maximum absolute atomic E-state index is 11.2. The van der Waals surface area contributed by atoms with Crippen molar-refractivity contribution in [3.8, 4) is 0 Å². The molecule has 2 nitrogen and oxygen atoms in total. The van der Waals surface area contributed by atoms with E-state index >= 15 is 0 Å². The predicted molar refractivity (Wildman–Crippen MR) is 51.8 cm³/mol. The Hall–Kier alpha value is -0.0700. The normalized spacial score (nSPS) is 23.1. The maximum atomic E-state index is 11.2. The Labute approximate surface area is 74.9 Å². The van der Waals surface area contributed by atoms with Crippen LogP contribution in [0.5, 0.6) is 0 Å². The van der Waals surface area contributed by atoms with Crippen LogP contribution in [0.15, 0.2) is 11.9 Å². The summed E-state index contributed by atoms with van der Waals surface area (Å²) in [7, 11) is -1.87. The zero-order valence-corrected chi connectivity index (χ0v) is 8.58. The van der Waals surface area contributed by atoms with Crippen molar-refractivity contribution >= 4 is 8.03 Å². The third-order valence-electron chi connectivity index (χ3n) is 2.14. The lowest BCUT2D eigenvalue weighted by atomic mass is 9.98. The lowest BCUT2D eigenvalue weighted by Gasteiger charge is -2.20. The molecule has 0 spiro atoms. The van der Waals surface area contributed by atoms with Crippen LogP contribution in [0.25, 0.3) is 0 Å². The minimum atomic E-state index is -1.87. The monoisotopic (exact) mass is 188 g/mol. The molecule has 0 radical (unpaired) electrons. The minimum absolute atomic E-state index is 0.265. The van der Waals surface area contributed by atoms with E-state index in [0.717, 1.165) is 12.8 Å². The summed E-state index contributed by atoms with van der Waals surface area (Å²) in [6.07, 6.45) is 8.02. The lowest BCUT2D eigenvalue weighted by molar-refractivity contribution is 0.168. The van der Waals surface area contributed by atoms with E-state index in [1.807, 2.05) is 6.92 Å². The molecule has 3 heteroatoms. The molecule has 12 heavy (non-hydrogen) atoms. The van der Waals surface area contributed by atoms with Gasteiger partial charge in [-0.1, -0.05) is 25.3 Å². The van der Waals surface area contributed by atoms with E-state index in [2.05, 4.69) is 0 Å². The van der Waals surface area contributed by atoms with Gasteiger partial charge in [0.25, 0.3) is 0 Å². The van der Waals surface area contributed by atoms with E-state index in [1.165, 1.54) is 19.3 Å². The Kier molecular flexibility index (Phi) is 4.63. The van der Waals surface area contributed by atoms with Gasteiger partial charge in [-0.15, -0.1) is 0 Å². The van der Waals surface area contributed by atoms with Crippen LogP contribution >= 0.6 is 8.03 Å². The second-order valence-corrected chi connectivity index (χ2v) is 4.40. The summed E-state index contributed by atoms with van der Waals surface area (Å²) in [6.45, 7) is 1.87. The van der Waals surface area contributed by atoms with E-state index in [1.54, 1.807) is 11.9 Å². The summed E-state index contributed by atoms with van der Waals surface area (Å²) in [5.41, 5.74) is 0. The summed E-state index contributed by atoms with van der Waals surface area (Å²) in [5, 5.41) is 0. The van der Waals surface area contributed by atoms with Crippen molar-refractivity contribution in [1.29, 1.82) is 0 Å². The Morgan fingerprint density at radius 2 is 2.00 bits per heavy atom. The van der Waals surface area contributed by atoms with Gasteiger partial charge in [0.2, 0.25) is 8.03 Å². The molecule has 1 atom stereocenters. The van der Waals surface area contributed by atoms with Gasteiger partial charge in [0, 0.05) is 0 Å². The van der Waals surface area contributed by atoms with E-state index in [-0.39, 0.29) is 6.10 Å². The number of hydrogen-bond acceptors (Lipinski definition) is 2. The molecule has 1 rings (SSSR count). The third-order valence-corrected chi connectivity index (χ3v) is 3.31. The van der Waals surface area contributed by atoms with Gasteiger partial charge in [-0.3, -0.25) is 4.57 Å². The lowest BCUT2D eigenvalue weighted by Crippen LogP contribution is -2.12. The van der Waals surface area contributed by atoms with Gasteiger partial charge in [0.05, 0.1) is 6.10 Å². The summed E-state index contributed by atoms with van der Waals surface area (Å²) in [6, 6.07) is 0. The van der Waals surface area contributed by atoms with Crippen LogP contribution in [0.4, 0.5) is 0 Å². The SMILES string of the molecule is CC=C[PH](=O)OC1CCCCC1. The summed E-state index contributed by atoms with van der Waals surface area (Å²) >= 11 is 0. The van der Waals surface area contributed by atoms with Gasteiger partial charge in [0.1, 0.15) is 0 Å². The number of hydrogen-bond donors (Lipinski definition) is 0. The van der Waals surface area contributed by atoms with Crippen LogP contribution in [-0.2, 0) is 9.09 Å². The number of allylic oxidation sites excluding steroid dienone is 1. The Morgan fingerprint density at radius 3 is 2.58 bits per heavy atom. The average molecular weight is 188 g/mol. The molecular formula is C9H17O2P. The van der Waals surface area contributed by atoms with E-state index in [9.17, 15) is 4.57 Å². The third kappa shape index (κ3) is 3.55. The van der Waals surface area contributed by atoms with Crippen LogP contribution < -0.4 is 0 Å². The van der Waals surface area contributed by atoms with Crippen molar-refractivity contribution in [2.75, 3.05) is 0 Å². The molecule has 0 N–H and O–H groups in total. The maximum Gasteiger partial charge on any atom is 0.213 e. The topological polar surface area (TPSA) is 26.3 Å². The van der Waals surface area contributed by atoms with Crippen LogP contribution in [0.1, 0.15) is 39.0 Å². The molecule has 0 aliphatic heterocycles. The Balaban J connectivity index is 2.24. The number of rotatable bonds is 3. The molecule has 1 unspecified atom stereocenters. The zero-order valence-electron chi connectivity index (χ0n) is 7.58. The fourth-order valence-electron chi connectivity index (χ4n) is 1.52. The first kappa shape index (κ1) is 10.0. The molecule has 0 aromatic carbocycles. The molecule has 1 saturated carbocycles. The Bertz CT molecular complexity index is 171. The van der Waals surface area contributed by atoms with Crippen LogP contribution in [-0.4, -0.2) is 6.10 Å². The molecule has 1 aliphatic carbocycles. The first-order chi connectivity index (χ1) is 5.83. The molecule has 0 amide bonds. The summed E-state index contributed by atoms with van der Waals surface area (Å²) in [5.74, 6) is 1.67. The molecule has 0 bridgehead atoms. The first-order valence-corrected chi connectivity index (χ1v) is 6.05. The zero-order chi connectivity index (χ0) is 8.81. The highest BCUT2D eigenvalue weighted by Gasteiger charge is 2.14. The van der Waals surface area contributed by atoms with Crippen molar-refractivity contribution < 1.29 is 9.09 Å². The molecular weight excluding hydrogens is 171 g/mol. The Morgan fingerprint density at radius 1 is 1.33 bits per heavy atom. The van der Waals surface area contributed by atoms with Crippen LogP contribution in [0.2, 0.25) is 0 Å². The van der Waals surface area contributed by atoms with Gasteiger partial charge in [-0.05, 0) is 25.6 Å². The second kappa shape index (κ2) is 5.55. The van der Waals surface area contributed by atoms with Crippen LogP contribution in [0.3, 0.4) is 0 Å². The van der Waals surface area contributed by atoms with Crippen molar-refractivity contribution in [1.82, 2.24) is 0 Å². The predicted octanol–water partition coefficient (Wildman–Crippen LogP) is 3.34. The van der Waals surface area contributed by atoms with Crippen molar-refractivity contribution in [2.24, 2.45) is 0 Å². The van der Waals surface area contributed by atoms with E-state index in [0.29, 0.717) is 0 Å². The molecule has 1 fully saturated rings. The van der Waals surface area contributed by atoms with Gasteiger partial charge in [-0.25, -0.2) is 0 Å². The molecule has 1 aliphatic rings. The van der Waals surface area contributed by atoms with Gasteiger partial charge >= 0.3 is 0 Å². The molecule has 0 heterocycles. The molecule has 0 aromatic rings. The van der Waals surface area contributed by atoms with E-state index < -0.39 is 8.03 Å². The highest BCUT2D eigenvalue weighted by atomic mass is 31.1. The summed E-state index contributed by atoms with van der Waals surface area (Å²) < 4.78 is 16.6. The average Bonchev–Trinajstić information content (AvgIpc) is 2.06. The van der Waals surface area contributed by atoms with Crippen molar-refractivity contribution in [2.45, 2.75) is 45.1 Å². The quantitative estimate of drug-likeness (QED) is 0.635. The molecule has 70 valence electrons. The van der Waals surface area contributed by atoms with E-state index in [4.69, 9.17) is 4.52 Å². The van der Waals surface area contributed by atoms with Crippen molar-refractivity contribution in [3.05, 3.63) is 11.9 Å². The standard InChI is InChI=1S/C9H17O2P/c1-2-8-12(10)11-9-6-4-3-5-7-9/h2,8-9,12H,3-7H2,1H3.